The second-order valence-corrected chi connectivity index (χ2v) is 5.58. The predicted molar refractivity (Wildman–Crippen MR) is 82.6 cm³/mol. The molecule has 1 atom stereocenters. The van der Waals surface area contributed by atoms with Crippen LogP contribution in [0.3, 0.4) is 0 Å². The van der Waals surface area contributed by atoms with Crippen molar-refractivity contribution in [1.29, 1.82) is 0 Å². The molecule has 0 bridgehead atoms. The summed E-state index contributed by atoms with van der Waals surface area (Å²) in [4.78, 5) is 17.3. The van der Waals surface area contributed by atoms with Crippen molar-refractivity contribution in [2.24, 2.45) is 5.73 Å². The average molecular weight is 286 g/mol. The number of hydrogen-bond acceptors (Lipinski definition) is 5. The van der Waals surface area contributed by atoms with E-state index in [0.717, 1.165) is 42.7 Å². The van der Waals surface area contributed by atoms with Gasteiger partial charge in [0.15, 0.2) is 0 Å². The van der Waals surface area contributed by atoms with Crippen LogP contribution in [0.4, 0.5) is 11.4 Å². The first kappa shape index (κ1) is 13.8. The van der Waals surface area contributed by atoms with Crippen molar-refractivity contribution in [3.8, 4) is 0 Å². The van der Waals surface area contributed by atoms with Crippen LogP contribution in [-0.2, 0) is 0 Å². The number of anilines is 1. The summed E-state index contributed by atoms with van der Waals surface area (Å²) in [6, 6.07) is 5.47. The van der Waals surface area contributed by atoms with E-state index in [0.29, 0.717) is 5.39 Å². The monoisotopic (exact) mass is 286 g/mol. The van der Waals surface area contributed by atoms with Crippen LogP contribution >= 0.6 is 0 Å². The van der Waals surface area contributed by atoms with Crippen molar-refractivity contribution < 1.29 is 4.92 Å². The molecule has 2 heterocycles. The summed E-state index contributed by atoms with van der Waals surface area (Å²) in [5.74, 6) is 0. The summed E-state index contributed by atoms with van der Waals surface area (Å²) in [5.41, 5.74) is 8.01. The quantitative estimate of drug-likeness (QED) is 0.676. The Bertz CT molecular complexity index is 701. The van der Waals surface area contributed by atoms with Gasteiger partial charge in [0.05, 0.1) is 10.3 Å². The molecule has 6 heteroatoms. The molecule has 0 unspecified atom stereocenters. The lowest BCUT2D eigenvalue weighted by Crippen LogP contribution is -2.42. The summed E-state index contributed by atoms with van der Waals surface area (Å²) in [5, 5.41) is 12.6. The number of aromatic nitrogens is 1. The number of aryl methyl sites for hydroxylation is 1. The zero-order chi connectivity index (χ0) is 15.0. The first-order valence-corrected chi connectivity index (χ1v) is 7.10. The highest BCUT2D eigenvalue weighted by Gasteiger charge is 2.22. The van der Waals surface area contributed by atoms with Crippen LogP contribution in [-0.4, -0.2) is 29.0 Å². The lowest BCUT2D eigenvalue weighted by atomic mass is 10.0. The van der Waals surface area contributed by atoms with Gasteiger partial charge in [-0.1, -0.05) is 0 Å². The standard InChI is InChI=1S/C15H18N4O2/c1-10-7-12-13(8-17-10)15(19(20)21)5-4-14(12)18-6-2-3-11(16)9-18/h4-5,7-8,11H,2-3,6,9,16H2,1H3/t11-/m1/s1. The second kappa shape index (κ2) is 5.29. The molecule has 1 aromatic carbocycles. The molecule has 1 aliphatic rings. The molecular weight excluding hydrogens is 268 g/mol. The highest BCUT2D eigenvalue weighted by molar-refractivity contribution is 5.99. The number of piperidine rings is 1. The highest BCUT2D eigenvalue weighted by Crippen LogP contribution is 2.34. The van der Waals surface area contributed by atoms with E-state index in [-0.39, 0.29) is 16.7 Å². The fraction of sp³-hybridized carbons (Fsp3) is 0.400. The van der Waals surface area contributed by atoms with Crippen LogP contribution in [0.25, 0.3) is 10.8 Å². The molecular formula is C15H18N4O2. The Morgan fingerprint density at radius 3 is 2.95 bits per heavy atom. The van der Waals surface area contributed by atoms with E-state index in [1.54, 1.807) is 12.3 Å². The largest absolute Gasteiger partial charge is 0.369 e. The lowest BCUT2D eigenvalue weighted by molar-refractivity contribution is -0.383. The molecule has 0 radical (unpaired) electrons. The van der Waals surface area contributed by atoms with Crippen LogP contribution in [0.2, 0.25) is 0 Å². The molecule has 3 rings (SSSR count). The summed E-state index contributed by atoms with van der Waals surface area (Å²) in [7, 11) is 0. The first-order valence-electron chi connectivity index (χ1n) is 7.10. The van der Waals surface area contributed by atoms with Crippen molar-refractivity contribution in [3.63, 3.8) is 0 Å². The van der Waals surface area contributed by atoms with Gasteiger partial charge in [-0.3, -0.25) is 15.1 Å². The Hall–Kier alpha value is -2.21. The molecule has 0 amide bonds. The summed E-state index contributed by atoms with van der Waals surface area (Å²) in [6.07, 6.45) is 3.67. The Balaban J connectivity index is 2.17. The topological polar surface area (TPSA) is 85.3 Å². The Labute approximate surface area is 122 Å². The van der Waals surface area contributed by atoms with Gasteiger partial charge in [0, 0.05) is 48.2 Å². The molecule has 1 aromatic heterocycles. The smallest absolute Gasteiger partial charge is 0.278 e. The summed E-state index contributed by atoms with van der Waals surface area (Å²) in [6.45, 7) is 3.61. The van der Waals surface area contributed by atoms with E-state index in [2.05, 4.69) is 9.88 Å². The Kier molecular flexibility index (Phi) is 3.47. The first-order chi connectivity index (χ1) is 10.1. The van der Waals surface area contributed by atoms with Crippen molar-refractivity contribution >= 4 is 22.1 Å². The van der Waals surface area contributed by atoms with E-state index < -0.39 is 0 Å². The van der Waals surface area contributed by atoms with Gasteiger partial charge in [-0.05, 0) is 31.9 Å². The van der Waals surface area contributed by atoms with Gasteiger partial charge in [0.25, 0.3) is 5.69 Å². The SMILES string of the molecule is Cc1cc2c(N3CCC[C@@H](N)C3)ccc([N+](=O)[O-])c2cn1. The van der Waals surface area contributed by atoms with Crippen molar-refractivity contribution in [3.05, 3.63) is 40.2 Å². The molecule has 2 aromatic rings. The third kappa shape index (κ3) is 2.54. The predicted octanol–water partition coefficient (Wildman–Crippen LogP) is 2.38. The number of non-ortho nitro benzene ring substituents is 1. The minimum Gasteiger partial charge on any atom is -0.369 e. The average Bonchev–Trinajstić information content (AvgIpc) is 2.45. The Morgan fingerprint density at radius 1 is 1.43 bits per heavy atom. The number of fused-ring (bicyclic) bond motifs is 1. The lowest BCUT2D eigenvalue weighted by Gasteiger charge is -2.33. The second-order valence-electron chi connectivity index (χ2n) is 5.58. The van der Waals surface area contributed by atoms with Gasteiger partial charge < -0.3 is 10.6 Å². The molecule has 1 fully saturated rings. The van der Waals surface area contributed by atoms with Crippen LogP contribution in [0, 0.1) is 17.0 Å². The fourth-order valence-corrected chi connectivity index (χ4v) is 2.98. The molecule has 0 aliphatic carbocycles. The minimum atomic E-state index is -0.356. The van der Waals surface area contributed by atoms with Gasteiger partial charge in [-0.15, -0.1) is 0 Å². The molecule has 1 aliphatic heterocycles. The van der Waals surface area contributed by atoms with Gasteiger partial charge in [-0.25, -0.2) is 0 Å². The number of nitrogens with two attached hydrogens (primary N) is 1. The molecule has 6 nitrogen and oxygen atoms in total. The van der Waals surface area contributed by atoms with Gasteiger partial charge in [0.2, 0.25) is 0 Å². The van der Waals surface area contributed by atoms with Crippen molar-refractivity contribution in [1.82, 2.24) is 4.98 Å². The number of hydrogen-bond donors (Lipinski definition) is 1. The zero-order valence-electron chi connectivity index (χ0n) is 12.0. The molecule has 110 valence electrons. The number of nitro benzene ring substituents is 1. The normalized spacial score (nSPS) is 19.0. The molecule has 1 saturated heterocycles. The number of pyridine rings is 1. The van der Waals surface area contributed by atoms with Crippen LogP contribution in [0.15, 0.2) is 24.4 Å². The Morgan fingerprint density at radius 2 is 2.24 bits per heavy atom. The van der Waals surface area contributed by atoms with Gasteiger partial charge in [-0.2, -0.15) is 0 Å². The fourth-order valence-electron chi connectivity index (χ4n) is 2.98. The number of rotatable bonds is 2. The molecule has 21 heavy (non-hydrogen) atoms. The molecule has 2 N–H and O–H groups in total. The highest BCUT2D eigenvalue weighted by atomic mass is 16.6. The molecule has 0 saturated carbocycles. The number of nitro groups is 1. The third-order valence-corrected chi connectivity index (χ3v) is 3.99. The third-order valence-electron chi connectivity index (χ3n) is 3.99. The van der Waals surface area contributed by atoms with E-state index in [1.165, 1.54) is 0 Å². The van der Waals surface area contributed by atoms with Crippen LogP contribution in [0.5, 0.6) is 0 Å². The van der Waals surface area contributed by atoms with E-state index >= 15 is 0 Å². The van der Waals surface area contributed by atoms with E-state index in [1.807, 2.05) is 19.1 Å². The maximum atomic E-state index is 11.2. The maximum Gasteiger partial charge on any atom is 0.278 e. The van der Waals surface area contributed by atoms with Crippen molar-refractivity contribution in [2.75, 3.05) is 18.0 Å². The maximum absolute atomic E-state index is 11.2. The van der Waals surface area contributed by atoms with Gasteiger partial charge >= 0.3 is 0 Å². The van der Waals surface area contributed by atoms with Crippen LogP contribution < -0.4 is 10.6 Å². The zero-order valence-corrected chi connectivity index (χ0v) is 12.0. The van der Waals surface area contributed by atoms with Gasteiger partial charge in [0.1, 0.15) is 0 Å². The minimum absolute atomic E-state index is 0.0996. The molecule has 0 spiro atoms. The van der Waals surface area contributed by atoms with E-state index in [4.69, 9.17) is 5.73 Å². The summed E-state index contributed by atoms with van der Waals surface area (Å²) < 4.78 is 0. The number of nitrogens with zero attached hydrogens (tertiary/aromatic N) is 3. The summed E-state index contributed by atoms with van der Waals surface area (Å²) >= 11 is 0. The van der Waals surface area contributed by atoms with Crippen molar-refractivity contribution in [2.45, 2.75) is 25.8 Å². The number of benzene rings is 1. The van der Waals surface area contributed by atoms with Crippen LogP contribution in [0.1, 0.15) is 18.5 Å². The van der Waals surface area contributed by atoms with E-state index in [9.17, 15) is 10.1 Å².